The number of aromatic nitrogens is 6. The molecule has 1 aliphatic rings. The molecule has 1 amide bonds. The van der Waals surface area contributed by atoms with Crippen LogP contribution >= 0.6 is 0 Å². The van der Waals surface area contributed by atoms with E-state index in [1.807, 2.05) is 44.6 Å². The first kappa shape index (κ1) is 27.9. The Morgan fingerprint density at radius 1 is 1.07 bits per heavy atom. The molecule has 10 nitrogen and oxygen atoms in total. The monoisotopic (exact) mass is 585 g/mol. The van der Waals surface area contributed by atoms with Crippen molar-refractivity contribution in [3.05, 3.63) is 84.3 Å². The van der Waals surface area contributed by atoms with Gasteiger partial charge in [-0.05, 0) is 42.2 Å². The fourth-order valence-electron chi connectivity index (χ4n) is 5.49. The van der Waals surface area contributed by atoms with Gasteiger partial charge in [-0.1, -0.05) is 6.92 Å². The molecule has 0 bridgehead atoms. The van der Waals surface area contributed by atoms with E-state index in [0.717, 1.165) is 40.2 Å². The molecule has 0 saturated carbocycles. The Morgan fingerprint density at radius 2 is 1.91 bits per heavy atom. The molecule has 6 heterocycles. The molecule has 218 valence electrons. The fourth-order valence-corrected chi connectivity index (χ4v) is 5.49. The Hall–Kier alpha value is -5.25. The molecule has 43 heavy (non-hydrogen) atoms. The van der Waals surface area contributed by atoms with Gasteiger partial charge in [0, 0.05) is 73.7 Å². The Bertz CT molecular complexity index is 1850. The number of rotatable bonds is 6. The van der Waals surface area contributed by atoms with Gasteiger partial charge in [-0.25, -0.2) is 9.50 Å². The molecule has 1 N–H and O–H groups in total. The van der Waals surface area contributed by atoms with Gasteiger partial charge in [0.05, 0.1) is 29.0 Å². The largest absolute Gasteiger partial charge is 0.418 e. The number of amides is 1. The van der Waals surface area contributed by atoms with Crippen LogP contribution in [0.5, 0.6) is 0 Å². The third-order valence-corrected chi connectivity index (χ3v) is 7.77. The van der Waals surface area contributed by atoms with E-state index in [0.29, 0.717) is 24.2 Å². The number of carbonyl (C=O) groups excluding carboxylic acids is 1. The number of alkyl halides is 3. The van der Waals surface area contributed by atoms with Gasteiger partial charge >= 0.3 is 6.18 Å². The molecule has 13 heteroatoms. The van der Waals surface area contributed by atoms with E-state index < -0.39 is 23.3 Å². The number of carbonyl (C=O) groups is 1. The molecule has 5 aromatic rings. The first-order chi connectivity index (χ1) is 20.6. The van der Waals surface area contributed by atoms with Crippen LogP contribution in [0.4, 0.5) is 19.0 Å². The molecule has 1 aliphatic heterocycles. The highest BCUT2D eigenvalue weighted by Gasteiger charge is 2.36. The van der Waals surface area contributed by atoms with E-state index in [4.69, 9.17) is 4.98 Å². The van der Waals surface area contributed by atoms with Crippen LogP contribution in [0.3, 0.4) is 0 Å². The lowest BCUT2D eigenvalue weighted by Crippen LogP contribution is -2.34. The molecular weight excluding hydrogens is 559 g/mol. The Labute approximate surface area is 244 Å². The van der Waals surface area contributed by atoms with Crippen molar-refractivity contribution in [2.75, 3.05) is 24.5 Å². The lowest BCUT2D eigenvalue weighted by atomic mass is 9.98. The molecule has 5 aromatic heterocycles. The van der Waals surface area contributed by atoms with Gasteiger partial charge in [0.2, 0.25) is 0 Å². The molecule has 2 atom stereocenters. The number of nitrogens with zero attached hydrogens (tertiary/aromatic N) is 8. The summed E-state index contributed by atoms with van der Waals surface area (Å²) in [4.78, 5) is 23.1. The average Bonchev–Trinajstić information content (AvgIpc) is 3.73. The van der Waals surface area contributed by atoms with Crippen molar-refractivity contribution in [3.63, 3.8) is 0 Å². The van der Waals surface area contributed by atoms with Gasteiger partial charge in [-0.2, -0.15) is 28.6 Å². The highest BCUT2D eigenvalue weighted by molar-refractivity contribution is 5.94. The van der Waals surface area contributed by atoms with Crippen LogP contribution in [0.2, 0.25) is 0 Å². The van der Waals surface area contributed by atoms with Crippen LogP contribution < -0.4 is 10.2 Å². The minimum atomic E-state index is -4.67. The number of nitrogens with one attached hydrogen (secondary N) is 1. The summed E-state index contributed by atoms with van der Waals surface area (Å²) >= 11 is 0. The Morgan fingerprint density at radius 3 is 2.60 bits per heavy atom. The molecular formula is C30H26F3N9O. The van der Waals surface area contributed by atoms with Gasteiger partial charge in [0.1, 0.15) is 17.6 Å². The standard InChI is InChI=1S/C30H26F3N9O/c1-18-14-41(16-22(18)11-37-29(43)27-25(30(31,32)33)4-3-7-35-27)26-6-5-19(10-36-26)24-8-20(23-13-38-40(2)15-23)17-42-28(24)21(9-34)12-39-42/h3-8,10,12-13,15,17-18,22H,11,14,16H2,1-2H3,(H,37,43)/t18-,22+/m1/s1. The summed E-state index contributed by atoms with van der Waals surface area (Å²) < 4.78 is 43.4. The first-order valence-electron chi connectivity index (χ1n) is 13.5. The second-order valence-electron chi connectivity index (χ2n) is 10.7. The van der Waals surface area contributed by atoms with Crippen molar-refractivity contribution in [2.45, 2.75) is 13.1 Å². The molecule has 1 fully saturated rings. The third kappa shape index (κ3) is 5.39. The number of pyridine rings is 3. The minimum absolute atomic E-state index is 0.00393. The van der Waals surface area contributed by atoms with E-state index in [2.05, 4.69) is 31.5 Å². The SMILES string of the molecule is C[C@@H]1CN(c2ccc(-c3cc(-c4cnn(C)c4)cn4ncc(C#N)c34)cn2)C[C@@H]1CNC(=O)c1ncccc1C(F)(F)F. The second-order valence-corrected chi connectivity index (χ2v) is 10.7. The predicted molar refractivity (Wildman–Crippen MR) is 152 cm³/mol. The van der Waals surface area contributed by atoms with E-state index >= 15 is 0 Å². The third-order valence-electron chi connectivity index (χ3n) is 7.77. The van der Waals surface area contributed by atoms with Crippen LogP contribution in [0, 0.1) is 23.2 Å². The average molecular weight is 586 g/mol. The lowest BCUT2D eigenvalue weighted by molar-refractivity contribution is -0.138. The normalized spacial score (nSPS) is 16.9. The number of hydrogen-bond donors (Lipinski definition) is 1. The minimum Gasteiger partial charge on any atom is -0.356 e. The van der Waals surface area contributed by atoms with Crippen LogP contribution in [-0.4, -0.2) is 54.9 Å². The topological polar surface area (TPSA) is 117 Å². The number of nitriles is 1. The molecule has 1 saturated heterocycles. The van der Waals surface area contributed by atoms with Gasteiger partial charge in [-0.15, -0.1) is 0 Å². The van der Waals surface area contributed by atoms with Crippen LogP contribution in [-0.2, 0) is 13.2 Å². The number of anilines is 1. The van der Waals surface area contributed by atoms with Crippen LogP contribution in [0.25, 0.3) is 27.8 Å². The number of hydrogen-bond acceptors (Lipinski definition) is 7. The van der Waals surface area contributed by atoms with Gasteiger partial charge in [0.15, 0.2) is 0 Å². The summed E-state index contributed by atoms with van der Waals surface area (Å²) in [6.45, 7) is 3.49. The van der Waals surface area contributed by atoms with Crippen molar-refractivity contribution in [1.82, 2.24) is 34.7 Å². The van der Waals surface area contributed by atoms with Gasteiger partial charge < -0.3 is 10.2 Å². The van der Waals surface area contributed by atoms with Crippen molar-refractivity contribution in [3.8, 4) is 28.3 Å². The van der Waals surface area contributed by atoms with Crippen molar-refractivity contribution in [1.29, 1.82) is 5.26 Å². The van der Waals surface area contributed by atoms with E-state index in [-0.39, 0.29) is 18.4 Å². The van der Waals surface area contributed by atoms with E-state index in [9.17, 15) is 23.2 Å². The Kier molecular flexibility index (Phi) is 7.05. The quantitative estimate of drug-likeness (QED) is 0.310. The number of fused-ring (bicyclic) bond motifs is 1. The fraction of sp³-hybridized carbons (Fsp3) is 0.267. The van der Waals surface area contributed by atoms with E-state index in [1.165, 1.54) is 12.4 Å². The van der Waals surface area contributed by atoms with Crippen LogP contribution in [0.15, 0.2) is 67.5 Å². The summed E-state index contributed by atoms with van der Waals surface area (Å²) in [7, 11) is 1.84. The molecule has 0 aliphatic carbocycles. The van der Waals surface area contributed by atoms with Crippen molar-refractivity contribution in [2.24, 2.45) is 18.9 Å². The predicted octanol–water partition coefficient (Wildman–Crippen LogP) is 4.58. The number of aryl methyl sites for hydroxylation is 1. The zero-order valence-electron chi connectivity index (χ0n) is 23.2. The summed E-state index contributed by atoms with van der Waals surface area (Å²) in [6.07, 6.45) is 5.33. The second kappa shape index (κ2) is 10.9. The maximum absolute atomic E-state index is 13.3. The zero-order chi connectivity index (χ0) is 30.3. The highest BCUT2D eigenvalue weighted by atomic mass is 19.4. The van der Waals surface area contributed by atoms with Crippen molar-refractivity contribution >= 4 is 17.2 Å². The van der Waals surface area contributed by atoms with Gasteiger partial charge in [0.25, 0.3) is 5.91 Å². The highest BCUT2D eigenvalue weighted by Crippen LogP contribution is 2.34. The maximum Gasteiger partial charge on any atom is 0.418 e. The first-order valence-corrected chi connectivity index (χ1v) is 13.5. The molecule has 6 rings (SSSR count). The molecule has 0 spiro atoms. The van der Waals surface area contributed by atoms with E-state index in [1.54, 1.807) is 21.6 Å². The number of halogens is 3. The van der Waals surface area contributed by atoms with Crippen molar-refractivity contribution < 1.29 is 18.0 Å². The smallest absolute Gasteiger partial charge is 0.356 e. The Balaban J connectivity index is 1.20. The molecule has 0 aromatic carbocycles. The lowest BCUT2D eigenvalue weighted by Gasteiger charge is -2.18. The summed E-state index contributed by atoms with van der Waals surface area (Å²) in [5, 5.41) is 21.0. The zero-order valence-corrected chi connectivity index (χ0v) is 23.2. The maximum atomic E-state index is 13.3. The molecule has 0 radical (unpaired) electrons. The molecule has 0 unspecified atom stereocenters. The summed E-state index contributed by atoms with van der Waals surface area (Å²) in [5.41, 5.74) is 2.85. The summed E-state index contributed by atoms with van der Waals surface area (Å²) in [5.74, 6) is 0.0528. The van der Waals surface area contributed by atoms with Gasteiger partial charge in [-0.3, -0.25) is 14.5 Å². The van der Waals surface area contributed by atoms with Crippen LogP contribution in [0.1, 0.15) is 28.5 Å². The summed E-state index contributed by atoms with van der Waals surface area (Å²) in [6, 6.07) is 10.1.